The van der Waals surface area contributed by atoms with Gasteiger partial charge in [0.2, 0.25) is 0 Å². The summed E-state index contributed by atoms with van der Waals surface area (Å²) in [6.07, 6.45) is -1.13. The van der Waals surface area contributed by atoms with E-state index in [1.165, 1.54) is 31.2 Å². The minimum Gasteiger partial charge on any atom is -0.449 e. The number of nitro benzene ring substituents is 1. The van der Waals surface area contributed by atoms with Gasteiger partial charge in [-0.15, -0.1) is 0 Å². The zero-order valence-corrected chi connectivity index (χ0v) is 15.2. The highest BCUT2D eigenvalue weighted by Crippen LogP contribution is 2.23. The van der Waals surface area contributed by atoms with Crippen LogP contribution in [0.15, 0.2) is 42.5 Å². The molecule has 0 heterocycles. The Morgan fingerprint density at radius 2 is 1.81 bits per heavy atom. The molecule has 0 saturated carbocycles. The second-order valence-electron chi connectivity index (χ2n) is 5.75. The smallest absolute Gasteiger partial charge is 0.340 e. The molecule has 2 atom stereocenters. The fourth-order valence-electron chi connectivity index (χ4n) is 2.23. The third-order valence-corrected chi connectivity index (χ3v) is 4.08. The average Bonchev–Trinajstić information content (AvgIpc) is 2.61. The maximum absolute atomic E-state index is 13.0. The van der Waals surface area contributed by atoms with Crippen LogP contribution >= 0.6 is 11.6 Å². The minimum atomic E-state index is -1.13. The highest BCUT2D eigenvalue weighted by atomic mass is 35.5. The molecule has 0 aliphatic heterocycles. The Morgan fingerprint density at radius 1 is 1.19 bits per heavy atom. The number of halogens is 2. The van der Waals surface area contributed by atoms with E-state index in [9.17, 15) is 24.1 Å². The average molecular weight is 395 g/mol. The van der Waals surface area contributed by atoms with E-state index in [1.54, 1.807) is 6.92 Å². The maximum Gasteiger partial charge on any atom is 0.340 e. The van der Waals surface area contributed by atoms with Crippen LogP contribution in [-0.4, -0.2) is 22.9 Å². The molecule has 0 bridgehead atoms. The molecule has 1 amide bonds. The summed E-state index contributed by atoms with van der Waals surface area (Å²) in [6.45, 7) is 3.08. The van der Waals surface area contributed by atoms with Crippen molar-refractivity contribution in [1.82, 2.24) is 5.32 Å². The number of non-ortho nitro benzene ring substituents is 1. The topological polar surface area (TPSA) is 98.5 Å². The summed E-state index contributed by atoms with van der Waals surface area (Å²) in [4.78, 5) is 34.4. The van der Waals surface area contributed by atoms with E-state index in [2.05, 4.69) is 5.32 Å². The number of rotatable bonds is 6. The largest absolute Gasteiger partial charge is 0.449 e. The lowest BCUT2D eigenvalue weighted by molar-refractivity contribution is -0.384. The first-order valence-corrected chi connectivity index (χ1v) is 8.27. The Kier molecular flexibility index (Phi) is 6.46. The van der Waals surface area contributed by atoms with Gasteiger partial charge < -0.3 is 10.1 Å². The molecule has 9 heteroatoms. The standard InChI is InChI=1S/C18H16ClFN2O5/c1-10(12-3-5-13(20)6-4-12)21-17(23)11(2)27-18(24)15-8-7-14(22(25)26)9-16(15)19/h3-11H,1-2H3,(H,21,23)/t10-,11-/m1/s1. The zero-order chi connectivity index (χ0) is 20.1. The quantitative estimate of drug-likeness (QED) is 0.456. The van der Waals surface area contributed by atoms with E-state index in [0.29, 0.717) is 5.56 Å². The molecule has 0 radical (unpaired) electrons. The van der Waals surface area contributed by atoms with Gasteiger partial charge in [0.1, 0.15) is 5.82 Å². The molecular weight excluding hydrogens is 379 g/mol. The molecule has 142 valence electrons. The number of esters is 1. The first-order valence-electron chi connectivity index (χ1n) is 7.89. The van der Waals surface area contributed by atoms with E-state index in [0.717, 1.165) is 18.2 Å². The van der Waals surface area contributed by atoms with Gasteiger partial charge in [0.05, 0.1) is 21.6 Å². The fourth-order valence-corrected chi connectivity index (χ4v) is 2.48. The van der Waals surface area contributed by atoms with Gasteiger partial charge in [-0.2, -0.15) is 0 Å². The summed E-state index contributed by atoms with van der Waals surface area (Å²) in [5.74, 6) is -1.83. The van der Waals surface area contributed by atoms with Crippen molar-refractivity contribution in [1.29, 1.82) is 0 Å². The number of carbonyl (C=O) groups is 2. The van der Waals surface area contributed by atoms with Crippen LogP contribution < -0.4 is 5.32 Å². The number of hydrogen-bond acceptors (Lipinski definition) is 5. The molecule has 0 aliphatic carbocycles. The summed E-state index contributed by atoms with van der Waals surface area (Å²) < 4.78 is 18.0. The molecule has 7 nitrogen and oxygen atoms in total. The van der Waals surface area contributed by atoms with Crippen molar-refractivity contribution in [3.8, 4) is 0 Å². The summed E-state index contributed by atoms with van der Waals surface area (Å²) in [6, 6.07) is 8.50. The zero-order valence-electron chi connectivity index (χ0n) is 14.4. The lowest BCUT2D eigenvalue weighted by Crippen LogP contribution is -2.37. The number of benzene rings is 2. The normalized spacial score (nSPS) is 12.7. The highest BCUT2D eigenvalue weighted by molar-refractivity contribution is 6.33. The van der Waals surface area contributed by atoms with Crippen molar-refractivity contribution in [2.45, 2.75) is 26.0 Å². The van der Waals surface area contributed by atoms with E-state index >= 15 is 0 Å². The van der Waals surface area contributed by atoms with Crippen LogP contribution in [0.3, 0.4) is 0 Å². The van der Waals surface area contributed by atoms with Crippen LogP contribution in [0.2, 0.25) is 5.02 Å². The molecular formula is C18H16ClFN2O5. The number of ether oxygens (including phenoxy) is 1. The molecule has 0 spiro atoms. The predicted molar refractivity (Wildman–Crippen MR) is 95.9 cm³/mol. The molecule has 2 aromatic rings. The lowest BCUT2D eigenvalue weighted by atomic mass is 10.1. The van der Waals surface area contributed by atoms with Crippen LogP contribution in [0, 0.1) is 15.9 Å². The molecule has 2 rings (SSSR count). The number of hydrogen-bond donors (Lipinski definition) is 1. The van der Waals surface area contributed by atoms with Crippen molar-refractivity contribution < 1.29 is 23.6 Å². The second kappa shape index (κ2) is 8.59. The summed E-state index contributed by atoms with van der Waals surface area (Å²) in [5.41, 5.74) is 0.325. The summed E-state index contributed by atoms with van der Waals surface area (Å²) >= 11 is 5.87. The molecule has 27 heavy (non-hydrogen) atoms. The third-order valence-electron chi connectivity index (χ3n) is 3.77. The molecule has 2 aromatic carbocycles. The molecule has 0 aromatic heterocycles. The van der Waals surface area contributed by atoms with Crippen molar-refractivity contribution in [2.75, 3.05) is 0 Å². The molecule has 0 aliphatic rings. The summed E-state index contributed by atoms with van der Waals surface area (Å²) in [5, 5.41) is 13.2. The minimum absolute atomic E-state index is 0.0894. The molecule has 0 unspecified atom stereocenters. The first-order chi connectivity index (χ1) is 12.7. The molecule has 0 saturated heterocycles. The molecule has 1 N–H and O–H groups in total. The Bertz CT molecular complexity index is 873. The van der Waals surface area contributed by atoms with Crippen LogP contribution in [0.5, 0.6) is 0 Å². The number of nitrogens with one attached hydrogen (secondary N) is 1. The van der Waals surface area contributed by atoms with Crippen molar-refractivity contribution in [3.63, 3.8) is 0 Å². The van der Waals surface area contributed by atoms with Crippen LogP contribution in [0.25, 0.3) is 0 Å². The van der Waals surface area contributed by atoms with Gasteiger partial charge >= 0.3 is 5.97 Å². The van der Waals surface area contributed by atoms with Gasteiger partial charge in [-0.3, -0.25) is 14.9 Å². The first kappa shape index (κ1) is 20.3. The number of nitro groups is 1. The Balaban J connectivity index is 2.00. The van der Waals surface area contributed by atoms with Crippen LogP contribution in [-0.2, 0) is 9.53 Å². The van der Waals surface area contributed by atoms with Gasteiger partial charge in [0.15, 0.2) is 6.10 Å². The van der Waals surface area contributed by atoms with Gasteiger partial charge in [-0.05, 0) is 37.6 Å². The van der Waals surface area contributed by atoms with Gasteiger partial charge in [0.25, 0.3) is 11.6 Å². The lowest BCUT2D eigenvalue weighted by Gasteiger charge is -2.18. The third kappa shape index (κ3) is 5.24. The van der Waals surface area contributed by atoms with E-state index in [-0.39, 0.29) is 22.1 Å². The Labute approximate surface area is 159 Å². The van der Waals surface area contributed by atoms with Gasteiger partial charge in [-0.1, -0.05) is 23.7 Å². The number of amides is 1. The highest BCUT2D eigenvalue weighted by Gasteiger charge is 2.23. The predicted octanol–water partition coefficient (Wildman–Crippen LogP) is 3.81. The monoisotopic (exact) mass is 394 g/mol. The van der Waals surface area contributed by atoms with Crippen molar-refractivity contribution in [3.05, 3.63) is 74.5 Å². The van der Waals surface area contributed by atoms with Gasteiger partial charge in [-0.25, -0.2) is 9.18 Å². The van der Waals surface area contributed by atoms with E-state index in [4.69, 9.17) is 16.3 Å². The van der Waals surface area contributed by atoms with E-state index < -0.39 is 28.9 Å². The second-order valence-corrected chi connectivity index (χ2v) is 6.16. The molecule has 0 fully saturated rings. The van der Waals surface area contributed by atoms with Crippen molar-refractivity contribution in [2.24, 2.45) is 0 Å². The Morgan fingerprint density at radius 3 is 2.37 bits per heavy atom. The number of nitrogens with zero attached hydrogens (tertiary/aromatic N) is 1. The van der Waals surface area contributed by atoms with Crippen LogP contribution in [0.1, 0.15) is 35.8 Å². The van der Waals surface area contributed by atoms with Crippen molar-refractivity contribution >= 4 is 29.2 Å². The van der Waals surface area contributed by atoms with Crippen LogP contribution in [0.4, 0.5) is 10.1 Å². The summed E-state index contributed by atoms with van der Waals surface area (Å²) in [7, 11) is 0. The maximum atomic E-state index is 13.0. The number of carbonyl (C=O) groups excluding carboxylic acids is 2. The Hall–Kier alpha value is -3.00. The van der Waals surface area contributed by atoms with Gasteiger partial charge in [0, 0.05) is 12.1 Å². The fraction of sp³-hybridized carbons (Fsp3) is 0.222. The SMILES string of the molecule is C[C@@H](OC(=O)c1ccc([N+](=O)[O-])cc1Cl)C(=O)N[C@H](C)c1ccc(F)cc1. The van der Waals surface area contributed by atoms with E-state index in [1.807, 2.05) is 0 Å².